The zero-order chi connectivity index (χ0) is 20.0. The number of hydrogen-bond donors (Lipinski definition) is 0. The third-order valence-corrected chi connectivity index (χ3v) is 6.81. The predicted octanol–water partition coefficient (Wildman–Crippen LogP) is 0.952. The topological polar surface area (TPSA) is 93.4 Å². The Hall–Kier alpha value is -2.95. The smallest absolute Gasteiger partial charge is 0.246 e. The number of anilines is 1. The van der Waals surface area contributed by atoms with Gasteiger partial charge < -0.3 is 14.7 Å². The van der Waals surface area contributed by atoms with Gasteiger partial charge in [-0.3, -0.25) is 9.59 Å². The number of nitriles is 1. The molecule has 3 saturated heterocycles. The Morgan fingerprint density at radius 1 is 1.14 bits per heavy atom. The van der Waals surface area contributed by atoms with E-state index in [-0.39, 0.29) is 29.7 Å². The van der Waals surface area contributed by atoms with Gasteiger partial charge in [0.15, 0.2) is 11.5 Å². The average molecular weight is 392 g/mol. The number of carbonyl (C=O) groups excluding carboxylic acids is 2. The first kappa shape index (κ1) is 18.1. The zero-order valence-electron chi connectivity index (χ0n) is 16.3. The molecule has 4 aliphatic heterocycles. The zero-order valence-corrected chi connectivity index (χ0v) is 16.3. The van der Waals surface area contributed by atoms with E-state index in [2.05, 4.69) is 20.9 Å². The van der Waals surface area contributed by atoms with Gasteiger partial charge in [-0.2, -0.15) is 5.26 Å². The molecule has 4 aliphatic rings. The van der Waals surface area contributed by atoms with E-state index in [0.29, 0.717) is 37.6 Å². The predicted molar refractivity (Wildman–Crippen MR) is 105 cm³/mol. The summed E-state index contributed by atoms with van der Waals surface area (Å²) in [5.74, 6) is 1.09. The maximum Gasteiger partial charge on any atom is 0.246 e. The highest BCUT2D eigenvalue weighted by Crippen LogP contribution is 2.43. The monoisotopic (exact) mass is 392 g/mol. The van der Waals surface area contributed by atoms with Crippen LogP contribution >= 0.6 is 0 Å². The molecule has 0 unspecified atom stereocenters. The second kappa shape index (κ2) is 7.14. The Kier molecular flexibility index (Phi) is 4.46. The minimum atomic E-state index is -0.422. The van der Waals surface area contributed by atoms with E-state index < -0.39 is 6.04 Å². The van der Waals surface area contributed by atoms with Crippen LogP contribution in [0, 0.1) is 23.2 Å². The standard InChI is InChI=1S/C21H24N6O2/c22-11-16-20(24-7-6-23-16)26-12-14-10-15(13-26)19(21(29)25-8-1-2-9-25)27-17(14)4-3-5-18(27)28/h1-2,6-7,14-15,17,19H,3-5,8-10,12-13H2/t14-,15+,17-,19+/m0/s1. The van der Waals surface area contributed by atoms with Gasteiger partial charge in [0.1, 0.15) is 12.1 Å². The van der Waals surface area contributed by atoms with Crippen LogP contribution in [0.5, 0.6) is 0 Å². The Morgan fingerprint density at radius 3 is 2.69 bits per heavy atom. The molecule has 0 aromatic carbocycles. The molecule has 0 spiro atoms. The van der Waals surface area contributed by atoms with E-state index in [1.54, 1.807) is 6.20 Å². The lowest BCUT2D eigenvalue weighted by atomic mass is 9.71. The second-order valence-corrected chi connectivity index (χ2v) is 8.42. The highest BCUT2D eigenvalue weighted by atomic mass is 16.2. The molecule has 2 bridgehead atoms. The summed E-state index contributed by atoms with van der Waals surface area (Å²) in [6.07, 6.45) is 10.4. The normalized spacial score (nSPS) is 30.9. The molecule has 5 rings (SSSR count). The van der Waals surface area contributed by atoms with Crippen molar-refractivity contribution in [2.24, 2.45) is 11.8 Å². The largest absolute Gasteiger partial charge is 0.353 e. The van der Waals surface area contributed by atoms with Crippen LogP contribution in [-0.4, -0.2) is 69.8 Å². The van der Waals surface area contributed by atoms with Gasteiger partial charge in [-0.15, -0.1) is 0 Å². The Bertz CT molecular complexity index is 901. The molecule has 0 aliphatic carbocycles. The highest BCUT2D eigenvalue weighted by Gasteiger charge is 2.53. The molecule has 150 valence electrons. The summed E-state index contributed by atoms with van der Waals surface area (Å²) in [5, 5.41) is 9.46. The number of aromatic nitrogens is 2. The fraction of sp³-hybridized carbons (Fsp3) is 0.571. The van der Waals surface area contributed by atoms with Gasteiger partial charge in [0.05, 0.1) is 0 Å². The molecular weight excluding hydrogens is 368 g/mol. The molecule has 2 amide bonds. The van der Waals surface area contributed by atoms with Gasteiger partial charge >= 0.3 is 0 Å². The van der Waals surface area contributed by atoms with Crippen LogP contribution in [0.4, 0.5) is 5.82 Å². The SMILES string of the molecule is N#Cc1nccnc1N1C[C@@H]2C[C@H](C1)[C@H](C(=O)N1CC=CC1)N1C(=O)CCC[C@@H]21. The molecule has 0 N–H and O–H groups in total. The van der Waals surface area contributed by atoms with Gasteiger partial charge in [-0.25, -0.2) is 9.97 Å². The van der Waals surface area contributed by atoms with Crippen molar-refractivity contribution >= 4 is 17.6 Å². The summed E-state index contributed by atoms with van der Waals surface area (Å²) in [6.45, 7) is 2.58. The first-order valence-corrected chi connectivity index (χ1v) is 10.4. The lowest BCUT2D eigenvalue weighted by Crippen LogP contribution is -2.68. The minimum absolute atomic E-state index is 0.0358. The molecule has 0 radical (unpaired) electrons. The minimum Gasteiger partial charge on any atom is -0.353 e. The molecule has 0 saturated carbocycles. The molecule has 4 atom stereocenters. The van der Waals surface area contributed by atoms with Crippen molar-refractivity contribution in [1.29, 1.82) is 5.26 Å². The first-order valence-electron chi connectivity index (χ1n) is 10.4. The molecule has 1 aromatic rings. The van der Waals surface area contributed by atoms with Crippen molar-refractivity contribution in [3.8, 4) is 6.07 Å². The van der Waals surface area contributed by atoms with E-state index >= 15 is 0 Å². The molecule has 8 nitrogen and oxygen atoms in total. The van der Waals surface area contributed by atoms with Crippen LogP contribution in [0.1, 0.15) is 31.4 Å². The van der Waals surface area contributed by atoms with Crippen molar-refractivity contribution < 1.29 is 9.59 Å². The number of piperidine rings is 3. The van der Waals surface area contributed by atoms with Gasteiger partial charge in [-0.05, 0) is 25.2 Å². The summed E-state index contributed by atoms with van der Waals surface area (Å²) < 4.78 is 0. The van der Waals surface area contributed by atoms with Crippen molar-refractivity contribution in [1.82, 2.24) is 19.8 Å². The van der Waals surface area contributed by atoms with E-state index in [1.165, 1.54) is 6.20 Å². The third-order valence-electron chi connectivity index (χ3n) is 6.81. The summed E-state index contributed by atoms with van der Waals surface area (Å²) in [4.78, 5) is 40.8. The van der Waals surface area contributed by atoms with Crippen LogP contribution in [0.2, 0.25) is 0 Å². The first-order chi connectivity index (χ1) is 14.2. The van der Waals surface area contributed by atoms with E-state index in [4.69, 9.17) is 0 Å². The lowest BCUT2D eigenvalue weighted by molar-refractivity contribution is -0.160. The van der Waals surface area contributed by atoms with E-state index in [9.17, 15) is 14.9 Å². The Morgan fingerprint density at radius 2 is 1.90 bits per heavy atom. The lowest BCUT2D eigenvalue weighted by Gasteiger charge is -2.56. The van der Waals surface area contributed by atoms with Gasteiger partial charge in [0.25, 0.3) is 0 Å². The maximum absolute atomic E-state index is 13.5. The van der Waals surface area contributed by atoms with E-state index in [1.807, 2.05) is 22.0 Å². The average Bonchev–Trinajstić information content (AvgIpc) is 3.29. The second-order valence-electron chi connectivity index (χ2n) is 8.42. The fourth-order valence-electron chi connectivity index (χ4n) is 5.63. The molecular formula is C21H24N6O2. The number of amides is 2. The number of hydrogen-bond acceptors (Lipinski definition) is 6. The number of fused-ring (bicyclic) bond motifs is 4. The van der Waals surface area contributed by atoms with Gasteiger partial charge in [0, 0.05) is 57.0 Å². The summed E-state index contributed by atoms with van der Waals surface area (Å²) in [6, 6.07) is 1.80. The molecule has 8 heteroatoms. The van der Waals surface area contributed by atoms with Crippen LogP contribution < -0.4 is 4.90 Å². The quantitative estimate of drug-likeness (QED) is 0.696. The highest BCUT2D eigenvalue weighted by molar-refractivity contribution is 5.89. The van der Waals surface area contributed by atoms with Gasteiger partial charge in [0.2, 0.25) is 11.8 Å². The third kappa shape index (κ3) is 2.96. The van der Waals surface area contributed by atoms with Crippen LogP contribution in [-0.2, 0) is 9.59 Å². The molecule has 3 fully saturated rings. The molecule has 29 heavy (non-hydrogen) atoms. The summed E-state index contributed by atoms with van der Waals surface area (Å²) >= 11 is 0. The van der Waals surface area contributed by atoms with Crippen molar-refractivity contribution in [3.05, 3.63) is 30.2 Å². The Balaban J connectivity index is 1.50. The number of nitrogens with zero attached hydrogens (tertiary/aromatic N) is 6. The fourth-order valence-corrected chi connectivity index (χ4v) is 5.63. The number of carbonyl (C=O) groups is 2. The van der Waals surface area contributed by atoms with Crippen LogP contribution in [0.3, 0.4) is 0 Å². The van der Waals surface area contributed by atoms with Crippen LogP contribution in [0.25, 0.3) is 0 Å². The van der Waals surface area contributed by atoms with Crippen molar-refractivity contribution in [2.75, 3.05) is 31.1 Å². The molecule has 1 aromatic heterocycles. The van der Waals surface area contributed by atoms with Gasteiger partial charge in [-0.1, -0.05) is 12.2 Å². The number of rotatable bonds is 2. The van der Waals surface area contributed by atoms with Crippen molar-refractivity contribution in [3.63, 3.8) is 0 Å². The Labute approximate surface area is 169 Å². The summed E-state index contributed by atoms with van der Waals surface area (Å²) in [5.41, 5.74) is 0.315. The maximum atomic E-state index is 13.5. The van der Waals surface area contributed by atoms with Crippen LogP contribution in [0.15, 0.2) is 24.5 Å². The van der Waals surface area contributed by atoms with Crippen molar-refractivity contribution in [2.45, 2.75) is 37.8 Å². The van der Waals surface area contributed by atoms with E-state index in [0.717, 1.165) is 25.8 Å². The summed E-state index contributed by atoms with van der Waals surface area (Å²) in [7, 11) is 0. The molecule has 5 heterocycles.